The number of rotatable bonds is 4. The van der Waals surface area contributed by atoms with Crippen molar-refractivity contribution in [1.29, 1.82) is 0 Å². The Morgan fingerprint density at radius 3 is 2.60 bits per heavy atom. The van der Waals surface area contributed by atoms with Gasteiger partial charge in [0.2, 0.25) is 0 Å². The van der Waals surface area contributed by atoms with Crippen molar-refractivity contribution in [2.24, 2.45) is 7.05 Å². The van der Waals surface area contributed by atoms with Crippen LogP contribution >= 0.6 is 11.6 Å². The first-order chi connectivity index (χ1) is 12.2. The molecule has 3 aromatic heterocycles. The predicted octanol–water partition coefficient (Wildman–Crippen LogP) is 3.46. The van der Waals surface area contributed by atoms with Crippen molar-refractivity contribution in [2.75, 3.05) is 5.32 Å². The highest BCUT2D eigenvalue weighted by atomic mass is 35.5. The molecule has 0 saturated carbocycles. The normalized spacial score (nSPS) is 10.8. The van der Waals surface area contributed by atoms with Crippen molar-refractivity contribution in [1.82, 2.24) is 29.5 Å². The first-order valence-corrected chi connectivity index (χ1v) is 7.93. The third kappa shape index (κ3) is 3.22. The molecule has 4 aromatic rings. The number of pyridine rings is 1. The highest BCUT2D eigenvalue weighted by Gasteiger charge is 2.08. The van der Waals surface area contributed by atoms with Gasteiger partial charge in [0.25, 0.3) is 0 Å². The van der Waals surface area contributed by atoms with Crippen molar-refractivity contribution >= 4 is 23.1 Å². The predicted molar refractivity (Wildman–Crippen MR) is 96.1 cm³/mol. The number of benzene rings is 1. The molecule has 0 spiro atoms. The number of hydrogen-bond donors (Lipinski definition) is 1. The Kier molecular flexibility index (Phi) is 3.91. The van der Waals surface area contributed by atoms with Gasteiger partial charge in [0.15, 0.2) is 0 Å². The Morgan fingerprint density at radius 2 is 1.92 bits per heavy atom. The van der Waals surface area contributed by atoms with Gasteiger partial charge in [0.05, 0.1) is 16.9 Å². The van der Waals surface area contributed by atoms with Crippen LogP contribution in [0.1, 0.15) is 0 Å². The molecule has 8 heteroatoms. The number of nitrogens with one attached hydrogen (secondary N) is 1. The molecule has 124 valence electrons. The Morgan fingerprint density at radius 1 is 1.08 bits per heavy atom. The molecule has 1 aromatic carbocycles. The van der Waals surface area contributed by atoms with Gasteiger partial charge in [-0.05, 0) is 30.3 Å². The maximum Gasteiger partial charge on any atom is 0.138 e. The van der Waals surface area contributed by atoms with Crippen LogP contribution in [0.5, 0.6) is 0 Å². The summed E-state index contributed by atoms with van der Waals surface area (Å²) in [7, 11) is 1.87. The fourth-order valence-corrected chi connectivity index (χ4v) is 2.69. The molecule has 0 aliphatic carbocycles. The van der Waals surface area contributed by atoms with Gasteiger partial charge in [-0.25, -0.2) is 14.6 Å². The molecule has 0 unspecified atom stereocenters. The highest BCUT2D eigenvalue weighted by molar-refractivity contribution is 6.33. The quantitative estimate of drug-likeness (QED) is 0.609. The Balaban J connectivity index is 1.58. The summed E-state index contributed by atoms with van der Waals surface area (Å²) >= 11 is 6.28. The van der Waals surface area contributed by atoms with Gasteiger partial charge in [-0.2, -0.15) is 10.2 Å². The van der Waals surface area contributed by atoms with Gasteiger partial charge in [-0.15, -0.1) is 0 Å². The van der Waals surface area contributed by atoms with E-state index >= 15 is 0 Å². The Hall–Kier alpha value is -3.19. The van der Waals surface area contributed by atoms with Crippen molar-refractivity contribution in [3.8, 4) is 16.8 Å². The van der Waals surface area contributed by atoms with E-state index in [-0.39, 0.29) is 0 Å². The van der Waals surface area contributed by atoms with E-state index in [0.29, 0.717) is 10.8 Å². The summed E-state index contributed by atoms with van der Waals surface area (Å²) in [5.74, 6) is 0.705. The second-order valence-corrected chi connectivity index (χ2v) is 5.87. The van der Waals surface area contributed by atoms with E-state index in [4.69, 9.17) is 11.6 Å². The molecule has 0 aliphatic rings. The average Bonchev–Trinajstić information content (AvgIpc) is 3.29. The Labute approximate surface area is 148 Å². The summed E-state index contributed by atoms with van der Waals surface area (Å²) in [6, 6.07) is 9.72. The molecule has 7 nitrogen and oxygen atoms in total. The van der Waals surface area contributed by atoms with Gasteiger partial charge in [0, 0.05) is 36.3 Å². The smallest absolute Gasteiger partial charge is 0.138 e. The zero-order valence-electron chi connectivity index (χ0n) is 13.3. The third-order valence-corrected chi connectivity index (χ3v) is 4.00. The summed E-state index contributed by atoms with van der Waals surface area (Å²) in [5.41, 5.74) is 3.67. The molecule has 1 N–H and O–H groups in total. The van der Waals surface area contributed by atoms with Crippen LogP contribution in [0.2, 0.25) is 5.02 Å². The molecule has 3 heterocycles. The SMILES string of the molecule is Cn1cc(-c2cc(Nc3ccc(-n4cncn4)cc3)ncc2Cl)cn1. The van der Waals surface area contributed by atoms with Crippen LogP contribution < -0.4 is 5.32 Å². The third-order valence-electron chi connectivity index (χ3n) is 3.69. The maximum atomic E-state index is 6.28. The van der Waals surface area contributed by atoms with Crippen molar-refractivity contribution in [3.63, 3.8) is 0 Å². The lowest BCUT2D eigenvalue weighted by molar-refractivity contribution is 0.768. The minimum Gasteiger partial charge on any atom is -0.340 e. The monoisotopic (exact) mass is 351 g/mol. The molecule has 0 aliphatic heterocycles. The maximum absolute atomic E-state index is 6.28. The first-order valence-electron chi connectivity index (χ1n) is 7.56. The lowest BCUT2D eigenvalue weighted by Crippen LogP contribution is -1.97. The molecule has 25 heavy (non-hydrogen) atoms. The van der Waals surface area contributed by atoms with Gasteiger partial charge >= 0.3 is 0 Å². The van der Waals surface area contributed by atoms with Crippen LogP contribution in [-0.2, 0) is 7.05 Å². The first kappa shape index (κ1) is 15.3. The molecular formula is C17H14ClN7. The fraction of sp³-hybridized carbons (Fsp3) is 0.0588. The van der Waals surface area contributed by atoms with Crippen LogP contribution in [0.25, 0.3) is 16.8 Å². The van der Waals surface area contributed by atoms with Crippen molar-refractivity contribution in [3.05, 3.63) is 66.6 Å². The molecule has 0 saturated heterocycles. The van der Waals surface area contributed by atoms with E-state index in [1.54, 1.807) is 28.1 Å². The number of halogens is 1. The molecule has 0 amide bonds. The van der Waals surface area contributed by atoms with E-state index in [0.717, 1.165) is 22.5 Å². The van der Waals surface area contributed by atoms with E-state index in [9.17, 15) is 0 Å². The van der Waals surface area contributed by atoms with E-state index in [2.05, 4.69) is 25.5 Å². The van der Waals surface area contributed by atoms with Crippen LogP contribution in [-0.4, -0.2) is 29.5 Å². The van der Waals surface area contributed by atoms with Crippen LogP contribution in [0, 0.1) is 0 Å². The second kappa shape index (κ2) is 6.37. The summed E-state index contributed by atoms with van der Waals surface area (Å²) in [4.78, 5) is 8.29. The van der Waals surface area contributed by atoms with Gasteiger partial charge in [0.1, 0.15) is 18.5 Å². The van der Waals surface area contributed by atoms with Crippen LogP contribution in [0.4, 0.5) is 11.5 Å². The minimum absolute atomic E-state index is 0.583. The molecule has 0 bridgehead atoms. The largest absolute Gasteiger partial charge is 0.340 e. The lowest BCUT2D eigenvalue weighted by Gasteiger charge is -2.09. The zero-order chi connectivity index (χ0) is 17.2. The molecule has 0 fully saturated rings. The van der Waals surface area contributed by atoms with Gasteiger partial charge in [-0.1, -0.05) is 11.6 Å². The molecule has 0 radical (unpaired) electrons. The number of anilines is 2. The van der Waals surface area contributed by atoms with Crippen LogP contribution in [0.3, 0.4) is 0 Å². The van der Waals surface area contributed by atoms with Crippen LogP contribution in [0.15, 0.2) is 61.6 Å². The van der Waals surface area contributed by atoms with Gasteiger partial charge in [-0.3, -0.25) is 4.68 Å². The highest BCUT2D eigenvalue weighted by Crippen LogP contribution is 2.29. The number of hydrogen-bond acceptors (Lipinski definition) is 5. The summed E-state index contributed by atoms with van der Waals surface area (Å²) in [6.07, 6.45) is 8.49. The van der Waals surface area contributed by atoms with E-state index in [1.165, 1.54) is 6.33 Å². The van der Waals surface area contributed by atoms with Crippen molar-refractivity contribution < 1.29 is 0 Å². The number of aryl methyl sites for hydroxylation is 1. The summed E-state index contributed by atoms with van der Waals surface area (Å²) in [6.45, 7) is 0. The lowest BCUT2D eigenvalue weighted by atomic mass is 10.1. The minimum atomic E-state index is 0.583. The van der Waals surface area contributed by atoms with E-state index < -0.39 is 0 Å². The summed E-state index contributed by atoms with van der Waals surface area (Å²) < 4.78 is 3.44. The van der Waals surface area contributed by atoms with Gasteiger partial charge < -0.3 is 5.32 Å². The molecule has 4 rings (SSSR count). The van der Waals surface area contributed by atoms with E-state index in [1.807, 2.05) is 43.6 Å². The molecular weight excluding hydrogens is 338 g/mol. The standard InChI is InChI=1S/C17H14ClN7/c1-24-9-12(7-21-24)15-6-17(20-8-16(15)18)23-13-2-4-14(5-3-13)25-11-19-10-22-25/h2-11H,1H3,(H,20,23). The Bertz CT molecular complexity index is 990. The average molecular weight is 352 g/mol. The van der Waals surface area contributed by atoms with Crippen molar-refractivity contribution in [2.45, 2.75) is 0 Å². The number of aromatic nitrogens is 6. The summed E-state index contributed by atoms with van der Waals surface area (Å²) in [5, 5.41) is 12.2. The second-order valence-electron chi connectivity index (χ2n) is 5.46. The number of nitrogens with zero attached hydrogens (tertiary/aromatic N) is 6. The topological polar surface area (TPSA) is 73.5 Å². The molecule has 0 atom stereocenters. The zero-order valence-corrected chi connectivity index (χ0v) is 14.1. The fourth-order valence-electron chi connectivity index (χ4n) is 2.48.